The first-order valence-corrected chi connectivity index (χ1v) is 9.69. The number of aldehydes is 1. The summed E-state index contributed by atoms with van der Waals surface area (Å²) >= 11 is 0. The van der Waals surface area contributed by atoms with E-state index in [-0.39, 0.29) is 6.42 Å². The van der Waals surface area contributed by atoms with Gasteiger partial charge in [0.1, 0.15) is 12.3 Å². The van der Waals surface area contributed by atoms with Crippen molar-refractivity contribution in [2.45, 2.75) is 44.8 Å². The molecule has 0 aromatic heterocycles. The van der Waals surface area contributed by atoms with E-state index in [2.05, 4.69) is 30.4 Å². The van der Waals surface area contributed by atoms with Gasteiger partial charge in [-0.05, 0) is 25.8 Å². The lowest BCUT2D eigenvalue weighted by Crippen LogP contribution is -2.53. The van der Waals surface area contributed by atoms with Crippen molar-refractivity contribution in [1.29, 1.82) is 0 Å². The van der Waals surface area contributed by atoms with Crippen molar-refractivity contribution in [3.05, 3.63) is 85.6 Å². The Morgan fingerprint density at radius 3 is 2.17 bits per heavy atom. The third-order valence-electron chi connectivity index (χ3n) is 4.08. The van der Waals surface area contributed by atoms with Gasteiger partial charge in [0.25, 0.3) is 0 Å². The van der Waals surface area contributed by atoms with E-state index in [1.807, 2.05) is 19.1 Å². The highest BCUT2D eigenvalue weighted by atomic mass is 16.2. The van der Waals surface area contributed by atoms with Gasteiger partial charge in [0, 0.05) is 6.42 Å². The molecule has 0 radical (unpaired) electrons. The number of nitrogens with one attached hydrogen (secondary N) is 2. The second-order valence-corrected chi connectivity index (χ2v) is 6.53. The van der Waals surface area contributed by atoms with Crippen LogP contribution < -0.4 is 16.4 Å². The molecule has 6 heteroatoms. The SMILES string of the molecule is C=C/C=C\C=C(/C=C)CC(NC(=O)C(N)CC(/C=C\C=C)=C/C)C(=O)NC(C)C=O. The summed E-state index contributed by atoms with van der Waals surface area (Å²) in [6.07, 6.45) is 16.6. The summed E-state index contributed by atoms with van der Waals surface area (Å²) in [4.78, 5) is 36.2. The average molecular weight is 412 g/mol. The van der Waals surface area contributed by atoms with Gasteiger partial charge >= 0.3 is 0 Å². The second kappa shape index (κ2) is 15.6. The first-order chi connectivity index (χ1) is 14.3. The minimum Gasteiger partial charge on any atom is -0.345 e. The molecule has 0 aromatic carbocycles. The number of rotatable bonds is 14. The van der Waals surface area contributed by atoms with Gasteiger partial charge in [0.05, 0.1) is 12.1 Å². The standard InChI is InChI=1S/C24H33N3O3/c1-6-10-12-14-20(9-4)16-22(24(30)26-18(5)17-28)27-23(29)21(25)15-19(8-3)13-11-7-2/h6-14,17-18,21-22H,1-2,4,15-16,25H2,3,5H3,(H,26,30)(H,27,29)/b12-10-,13-11-,19-8+,20-14+. The molecule has 0 saturated heterocycles. The van der Waals surface area contributed by atoms with Crippen molar-refractivity contribution >= 4 is 18.1 Å². The Balaban J connectivity index is 5.46. The maximum absolute atomic E-state index is 12.6. The minimum absolute atomic E-state index is 0.188. The Hall–Kier alpha value is -3.25. The predicted molar refractivity (Wildman–Crippen MR) is 124 cm³/mol. The van der Waals surface area contributed by atoms with Crippen LogP contribution in [0, 0.1) is 0 Å². The fraction of sp³-hybridized carbons (Fsp3) is 0.292. The molecule has 0 aromatic rings. The van der Waals surface area contributed by atoms with E-state index in [9.17, 15) is 14.4 Å². The molecule has 0 fully saturated rings. The molecule has 0 rings (SSSR count). The first-order valence-electron chi connectivity index (χ1n) is 9.69. The molecule has 0 heterocycles. The van der Waals surface area contributed by atoms with Crippen LogP contribution in [-0.4, -0.2) is 36.2 Å². The number of carbonyl (C=O) groups is 3. The fourth-order valence-corrected chi connectivity index (χ4v) is 2.38. The van der Waals surface area contributed by atoms with E-state index in [1.54, 1.807) is 49.5 Å². The molecule has 0 spiro atoms. The van der Waals surface area contributed by atoms with Crippen molar-refractivity contribution in [2.75, 3.05) is 0 Å². The normalized spacial score (nSPS) is 15.3. The lowest BCUT2D eigenvalue weighted by molar-refractivity contribution is -0.130. The van der Waals surface area contributed by atoms with Crippen LogP contribution in [0.4, 0.5) is 0 Å². The largest absolute Gasteiger partial charge is 0.345 e. The van der Waals surface area contributed by atoms with E-state index in [0.29, 0.717) is 12.7 Å². The predicted octanol–water partition coefficient (Wildman–Crippen LogP) is 2.83. The molecule has 30 heavy (non-hydrogen) atoms. The number of carbonyl (C=O) groups excluding carboxylic acids is 3. The summed E-state index contributed by atoms with van der Waals surface area (Å²) in [6, 6.07) is -2.44. The number of amides is 2. The Labute approximate surface area is 179 Å². The van der Waals surface area contributed by atoms with Gasteiger partial charge in [0.2, 0.25) is 11.8 Å². The van der Waals surface area contributed by atoms with Crippen LogP contribution >= 0.6 is 0 Å². The molecule has 0 aliphatic heterocycles. The topological polar surface area (TPSA) is 101 Å². The van der Waals surface area contributed by atoms with E-state index >= 15 is 0 Å². The van der Waals surface area contributed by atoms with Crippen LogP contribution in [0.15, 0.2) is 85.6 Å². The number of allylic oxidation sites excluding steroid dienone is 9. The van der Waals surface area contributed by atoms with Crippen LogP contribution in [0.1, 0.15) is 26.7 Å². The highest BCUT2D eigenvalue weighted by Crippen LogP contribution is 2.11. The second-order valence-electron chi connectivity index (χ2n) is 6.53. The number of hydrogen-bond donors (Lipinski definition) is 3. The quantitative estimate of drug-likeness (QED) is 0.302. The smallest absolute Gasteiger partial charge is 0.243 e. The third kappa shape index (κ3) is 10.9. The maximum Gasteiger partial charge on any atom is 0.243 e. The van der Waals surface area contributed by atoms with Crippen LogP contribution in [0.3, 0.4) is 0 Å². The summed E-state index contributed by atoms with van der Waals surface area (Å²) in [5, 5.41) is 5.25. The summed E-state index contributed by atoms with van der Waals surface area (Å²) in [5.41, 5.74) is 7.64. The molecular formula is C24H33N3O3. The average Bonchev–Trinajstić information content (AvgIpc) is 2.74. The molecule has 6 nitrogen and oxygen atoms in total. The van der Waals surface area contributed by atoms with E-state index in [0.717, 1.165) is 11.1 Å². The van der Waals surface area contributed by atoms with Crippen molar-refractivity contribution in [1.82, 2.24) is 10.6 Å². The molecule has 0 saturated carbocycles. The maximum atomic E-state index is 12.6. The molecule has 0 bridgehead atoms. The van der Waals surface area contributed by atoms with E-state index < -0.39 is 29.9 Å². The zero-order valence-electron chi connectivity index (χ0n) is 17.8. The Morgan fingerprint density at radius 1 is 0.967 bits per heavy atom. The third-order valence-corrected chi connectivity index (χ3v) is 4.08. The summed E-state index contributed by atoms with van der Waals surface area (Å²) in [5.74, 6) is -0.946. The van der Waals surface area contributed by atoms with Gasteiger partial charge in [-0.2, -0.15) is 0 Å². The van der Waals surface area contributed by atoms with Gasteiger partial charge in [0.15, 0.2) is 0 Å². The zero-order valence-corrected chi connectivity index (χ0v) is 17.8. The lowest BCUT2D eigenvalue weighted by Gasteiger charge is -2.22. The number of nitrogens with two attached hydrogens (primary N) is 1. The van der Waals surface area contributed by atoms with Crippen molar-refractivity contribution in [2.24, 2.45) is 5.73 Å². The highest BCUT2D eigenvalue weighted by molar-refractivity contribution is 5.91. The summed E-state index contributed by atoms with van der Waals surface area (Å²) in [7, 11) is 0. The minimum atomic E-state index is -0.912. The van der Waals surface area contributed by atoms with Crippen LogP contribution in [0.25, 0.3) is 0 Å². The molecule has 0 aliphatic carbocycles. The van der Waals surface area contributed by atoms with Gasteiger partial charge in [-0.15, -0.1) is 0 Å². The van der Waals surface area contributed by atoms with Crippen LogP contribution in [0.5, 0.6) is 0 Å². The first kappa shape index (κ1) is 26.8. The van der Waals surface area contributed by atoms with Gasteiger partial charge in [-0.25, -0.2) is 0 Å². The summed E-state index contributed by atoms with van der Waals surface area (Å²) < 4.78 is 0. The van der Waals surface area contributed by atoms with E-state index in [4.69, 9.17) is 5.73 Å². The molecule has 0 aliphatic rings. The van der Waals surface area contributed by atoms with Crippen molar-refractivity contribution in [3.8, 4) is 0 Å². The van der Waals surface area contributed by atoms with Crippen molar-refractivity contribution < 1.29 is 14.4 Å². The molecule has 4 N–H and O–H groups in total. The van der Waals surface area contributed by atoms with Gasteiger partial charge in [-0.3, -0.25) is 9.59 Å². The Bertz CT molecular complexity index is 745. The Kier molecular flexibility index (Phi) is 14.0. The van der Waals surface area contributed by atoms with Crippen LogP contribution in [0.2, 0.25) is 0 Å². The lowest BCUT2D eigenvalue weighted by atomic mass is 10.0. The zero-order chi connectivity index (χ0) is 22.9. The van der Waals surface area contributed by atoms with Gasteiger partial charge in [-0.1, -0.05) is 80.0 Å². The molecule has 162 valence electrons. The van der Waals surface area contributed by atoms with Gasteiger partial charge < -0.3 is 21.2 Å². The molecular weight excluding hydrogens is 378 g/mol. The number of hydrogen-bond acceptors (Lipinski definition) is 4. The van der Waals surface area contributed by atoms with E-state index in [1.165, 1.54) is 0 Å². The highest BCUT2D eigenvalue weighted by Gasteiger charge is 2.25. The summed E-state index contributed by atoms with van der Waals surface area (Å²) in [6.45, 7) is 14.4. The fourth-order valence-electron chi connectivity index (χ4n) is 2.38. The monoisotopic (exact) mass is 411 g/mol. The van der Waals surface area contributed by atoms with Crippen LogP contribution in [-0.2, 0) is 14.4 Å². The molecule has 2 amide bonds. The molecule has 3 unspecified atom stereocenters. The Morgan fingerprint density at radius 2 is 1.63 bits per heavy atom. The molecule has 3 atom stereocenters. The van der Waals surface area contributed by atoms with Crippen molar-refractivity contribution in [3.63, 3.8) is 0 Å².